The number of amides is 4. The van der Waals surface area contributed by atoms with Gasteiger partial charge in [-0.25, -0.2) is 4.79 Å². The number of fused-ring (bicyclic) bond motifs is 1. The van der Waals surface area contributed by atoms with Crippen molar-refractivity contribution in [1.82, 2.24) is 19.6 Å². The second kappa shape index (κ2) is 14.1. The van der Waals surface area contributed by atoms with E-state index >= 15 is 0 Å². The molecule has 1 N–H and O–H groups in total. The van der Waals surface area contributed by atoms with Gasteiger partial charge in [-0.3, -0.25) is 24.2 Å². The Labute approximate surface area is 255 Å². The van der Waals surface area contributed by atoms with E-state index in [9.17, 15) is 24.3 Å². The van der Waals surface area contributed by atoms with Gasteiger partial charge in [0.05, 0.1) is 46.8 Å². The van der Waals surface area contributed by atoms with Crippen LogP contribution in [0.4, 0.5) is 4.79 Å². The molecule has 0 saturated carbocycles. The molecule has 238 valence electrons. The molecule has 43 heavy (non-hydrogen) atoms. The smallest absolute Gasteiger partial charge is 0.326 e. The molecule has 3 unspecified atom stereocenters. The molecule has 0 spiro atoms. The average Bonchev–Trinajstić information content (AvgIpc) is 3.56. The molecule has 0 radical (unpaired) electrons. The van der Waals surface area contributed by atoms with Crippen molar-refractivity contribution in [1.29, 1.82) is 0 Å². The molecule has 2 saturated heterocycles. The van der Waals surface area contributed by atoms with E-state index in [2.05, 4.69) is 34.1 Å². The number of ether oxygens (including phenoxy) is 1. The number of carboxylic acids is 1. The van der Waals surface area contributed by atoms with Crippen molar-refractivity contribution in [2.75, 3.05) is 80.6 Å². The van der Waals surface area contributed by atoms with Crippen LogP contribution in [0.1, 0.15) is 56.1 Å². The molecule has 3 aliphatic heterocycles. The molecule has 0 bridgehead atoms. The van der Waals surface area contributed by atoms with Crippen molar-refractivity contribution in [3.05, 3.63) is 29.3 Å². The number of imide groups is 1. The molecular weight excluding hydrogens is 550 g/mol. The normalized spacial score (nSPS) is 22.6. The van der Waals surface area contributed by atoms with Crippen LogP contribution in [0.2, 0.25) is 0 Å². The molecule has 11 nitrogen and oxygen atoms in total. The zero-order valence-corrected chi connectivity index (χ0v) is 26.6. The summed E-state index contributed by atoms with van der Waals surface area (Å²) in [6, 6.07) is 5.16. The highest BCUT2D eigenvalue weighted by atomic mass is 16.5. The first-order valence-corrected chi connectivity index (χ1v) is 15.8. The Morgan fingerprint density at radius 3 is 2.56 bits per heavy atom. The monoisotopic (exact) mass is 600 g/mol. The number of nitrogens with zero attached hydrogens (tertiary/aromatic N) is 5. The lowest BCUT2D eigenvalue weighted by Crippen LogP contribution is -2.52. The Bertz CT molecular complexity index is 1180. The standard InChI is InChI=1S/C32H49N5O6/c1-6-7-14-34(15-8-18-37(3,4)5)29(39)22-36-21-25(23-9-10-27-24(20-23)13-19-43-27)30(31(40)41)26(36)11-16-35-17-12-28(38)33(2)32(35)42/h9-10,20,25-26,30H,6-8,11-19,21-22H2,1-5H3/p+1. The topological polar surface area (TPSA) is 111 Å². The molecule has 1 aromatic carbocycles. The highest BCUT2D eigenvalue weighted by molar-refractivity contribution is 5.96. The summed E-state index contributed by atoms with van der Waals surface area (Å²) in [5.74, 6) is -1.29. The van der Waals surface area contributed by atoms with Gasteiger partial charge in [0.25, 0.3) is 0 Å². The quantitative estimate of drug-likeness (QED) is 0.327. The predicted octanol–water partition coefficient (Wildman–Crippen LogP) is 2.49. The Morgan fingerprint density at radius 2 is 1.86 bits per heavy atom. The third-order valence-electron chi connectivity index (χ3n) is 9.13. The van der Waals surface area contributed by atoms with Crippen LogP contribution >= 0.6 is 0 Å². The van der Waals surface area contributed by atoms with Gasteiger partial charge in [-0.1, -0.05) is 25.5 Å². The van der Waals surface area contributed by atoms with E-state index in [0.29, 0.717) is 45.8 Å². The summed E-state index contributed by atoms with van der Waals surface area (Å²) in [7, 11) is 7.91. The second-order valence-electron chi connectivity index (χ2n) is 13.3. The van der Waals surface area contributed by atoms with E-state index in [-0.39, 0.29) is 36.7 Å². The van der Waals surface area contributed by atoms with Crippen LogP contribution in [0.3, 0.4) is 0 Å². The van der Waals surface area contributed by atoms with Crippen LogP contribution in [-0.2, 0) is 20.8 Å². The number of rotatable bonds is 14. The molecule has 3 aliphatic rings. The third kappa shape index (κ3) is 8.06. The number of benzene rings is 1. The fourth-order valence-corrected chi connectivity index (χ4v) is 6.66. The maximum Gasteiger partial charge on any atom is 0.326 e. The largest absolute Gasteiger partial charge is 0.493 e. The lowest BCUT2D eigenvalue weighted by Gasteiger charge is -2.35. The first-order valence-electron chi connectivity index (χ1n) is 15.8. The molecule has 3 atom stereocenters. The lowest BCUT2D eigenvalue weighted by atomic mass is 9.83. The Kier molecular flexibility index (Phi) is 10.7. The van der Waals surface area contributed by atoms with Crippen molar-refractivity contribution >= 4 is 23.8 Å². The minimum Gasteiger partial charge on any atom is -0.493 e. The van der Waals surface area contributed by atoms with Gasteiger partial charge in [-0.05, 0) is 30.0 Å². The van der Waals surface area contributed by atoms with Gasteiger partial charge in [0.15, 0.2) is 0 Å². The van der Waals surface area contributed by atoms with Crippen LogP contribution in [-0.4, -0.2) is 140 Å². The number of hydrogen-bond acceptors (Lipinski definition) is 6. The minimum atomic E-state index is -0.898. The first-order chi connectivity index (χ1) is 20.4. The van der Waals surface area contributed by atoms with Gasteiger partial charge >= 0.3 is 12.0 Å². The fraction of sp³-hybridized carbons (Fsp3) is 0.688. The highest BCUT2D eigenvalue weighted by Crippen LogP contribution is 2.41. The van der Waals surface area contributed by atoms with Gasteiger partial charge in [-0.2, -0.15) is 0 Å². The number of carbonyl (C=O) groups is 4. The second-order valence-corrected chi connectivity index (χ2v) is 13.3. The number of carboxylic acid groups (broad SMARTS) is 1. The van der Waals surface area contributed by atoms with E-state index in [1.54, 1.807) is 4.90 Å². The van der Waals surface area contributed by atoms with E-state index < -0.39 is 17.9 Å². The van der Waals surface area contributed by atoms with Crippen molar-refractivity contribution in [3.8, 4) is 5.75 Å². The van der Waals surface area contributed by atoms with Gasteiger partial charge in [0, 0.05) is 71.0 Å². The number of quaternary nitrogens is 1. The molecule has 3 heterocycles. The van der Waals surface area contributed by atoms with Crippen molar-refractivity contribution in [3.63, 3.8) is 0 Å². The van der Waals surface area contributed by atoms with Crippen molar-refractivity contribution in [2.45, 2.75) is 57.4 Å². The van der Waals surface area contributed by atoms with E-state index in [1.165, 1.54) is 7.05 Å². The number of carbonyl (C=O) groups excluding carboxylic acids is 3. The summed E-state index contributed by atoms with van der Waals surface area (Å²) in [5.41, 5.74) is 2.03. The van der Waals surface area contributed by atoms with Crippen LogP contribution in [0.25, 0.3) is 0 Å². The van der Waals surface area contributed by atoms with E-state index in [1.807, 2.05) is 21.9 Å². The predicted molar refractivity (Wildman–Crippen MR) is 163 cm³/mol. The van der Waals surface area contributed by atoms with Gasteiger partial charge in [-0.15, -0.1) is 0 Å². The van der Waals surface area contributed by atoms with Crippen LogP contribution in [0.15, 0.2) is 18.2 Å². The number of urea groups is 1. The molecule has 4 rings (SSSR count). The first kappa shape index (κ1) is 32.7. The number of unbranched alkanes of at least 4 members (excludes halogenated alkanes) is 1. The summed E-state index contributed by atoms with van der Waals surface area (Å²) in [6.45, 7) is 6.27. The molecule has 2 fully saturated rings. The van der Waals surface area contributed by atoms with E-state index in [4.69, 9.17) is 4.74 Å². The third-order valence-corrected chi connectivity index (χ3v) is 9.13. The molecule has 11 heteroatoms. The molecule has 4 amide bonds. The number of likely N-dealkylation sites (tertiary alicyclic amines) is 1. The van der Waals surface area contributed by atoms with Crippen LogP contribution < -0.4 is 4.74 Å². The summed E-state index contributed by atoms with van der Waals surface area (Å²) in [5, 5.41) is 10.6. The van der Waals surface area contributed by atoms with Crippen molar-refractivity contribution < 1.29 is 33.5 Å². The van der Waals surface area contributed by atoms with Gasteiger partial charge in [0.1, 0.15) is 5.75 Å². The van der Waals surface area contributed by atoms with Gasteiger partial charge < -0.3 is 24.1 Å². The molecular formula is C32H50N5O6+. The lowest BCUT2D eigenvalue weighted by molar-refractivity contribution is -0.870. The number of aliphatic carboxylic acids is 1. The molecule has 0 aliphatic carbocycles. The van der Waals surface area contributed by atoms with Gasteiger partial charge in [0.2, 0.25) is 11.8 Å². The highest BCUT2D eigenvalue weighted by Gasteiger charge is 2.47. The SMILES string of the molecule is CCCCN(CCC[N+](C)(C)C)C(=O)CN1CC(c2ccc3c(c2)CCO3)C(C(=O)O)C1CCN1CCC(=O)N(C)C1=O. The molecule has 0 aromatic heterocycles. The zero-order chi connectivity index (χ0) is 31.3. The van der Waals surface area contributed by atoms with Crippen LogP contribution in [0, 0.1) is 5.92 Å². The van der Waals surface area contributed by atoms with Crippen molar-refractivity contribution in [2.24, 2.45) is 5.92 Å². The zero-order valence-electron chi connectivity index (χ0n) is 26.6. The fourth-order valence-electron chi connectivity index (χ4n) is 6.66. The Morgan fingerprint density at radius 1 is 1.12 bits per heavy atom. The average molecular weight is 601 g/mol. The van der Waals surface area contributed by atoms with Crippen LogP contribution in [0.5, 0.6) is 5.75 Å². The summed E-state index contributed by atoms with van der Waals surface area (Å²) in [6.07, 6.45) is 4.24. The Hall–Kier alpha value is -3.18. The summed E-state index contributed by atoms with van der Waals surface area (Å²) < 4.78 is 6.51. The Balaban J connectivity index is 1.57. The summed E-state index contributed by atoms with van der Waals surface area (Å²) >= 11 is 0. The number of hydrogen-bond donors (Lipinski definition) is 1. The minimum absolute atomic E-state index is 0.0198. The molecule has 1 aromatic rings. The van der Waals surface area contributed by atoms with E-state index in [0.717, 1.165) is 58.5 Å². The maximum atomic E-state index is 13.8. The summed E-state index contributed by atoms with van der Waals surface area (Å²) in [4.78, 5) is 58.3. The maximum absolute atomic E-state index is 13.8.